The van der Waals surface area contributed by atoms with Gasteiger partial charge in [-0.1, -0.05) is 45.2 Å². The number of hydrogen-bond acceptors (Lipinski definition) is 3. The molecule has 0 spiro atoms. The maximum atomic E-state index is 12.1. The first kappa shape index (κ1) is 15.9. The number of halogens is 3. The molecule has 2 amide bonds. The van der Waals surface area contributed by atoms with Gasteiger partial charge in [0, 0.05) is 21.9 Å². The molecule has 0 N–H and O–H groups in total. The van der Waals surface area contributed by atoms with Gasteiger partial charge < -0.3 is 0 Å². The topological polar surface area (TPSA) is 37.4 Å². The molecule has 2 rings (SSSR count). The molecule has 1 aromatic rings. The highest BCUT2D eigenvalue weighted by molar-refractivity contribution is 9.09. The van der Waals surface area contributed by atoms with E-state index < -0.39 is 0 Å². The maximum absolute atomic E-state index is 12.1. The minimum Gasteiger partial charge on any atom is -0.268 e. The van der Waals surface area contributed by atoms with Crippen molar-refractivity contribution in [3.8, 4) is 0 Å². The zero-order valence-electron chi connectivity index (χ0n) is 10.2. The Morgan fingerprint density at radius 1 is 1.30 bits per heavy atom. The van der Waals surface area contributed by atoms with E-state index >= 15 is 0 Å². The number of benzene rings is 1. The van der Waals surface area contributed by atoms with E-state index in [0.717, 1.165) is 23.5 Å². The first-order valence-electron chi connectivity index (χ1n) is 5.79. The van der Waals surface area contributed by atoms with Crippen molar-refractivity contribution in [2.75, 3.05) is 11.9 Å². The average Bonchev–Trinajstić information content (AvgIpc) is 2.66. The molecule has 0 unspecified atom stereocenters. The number of nitrogens with zero attached hydrogens (tertiary/aromatic N) is 1. The molecule has 1 saturated heterocycles. The summed E-state index contributed by atoms with van der Waals surface area (Å²) in [6, 6.07) is 5.01. The minimum absolute atomic E-state index is 0.243. The molecular formula is C13H10BrCl2NO2S. The third kappa shape index (κ3) is 3.58. The SMILES string of the molecule is O=C1SC(=Cc2ccc(Cl)cc2Cl)C(=O)N1CCCBr. The van der Waals surface area contributed by atoms with Crippen molar-refractivity contribution in [3.63, 3.8) is 0 Å². The van der Waals surface area contributed by atoms with E-state index in [0.29, 0.717) is 27.1 Å². The predicted molar refractivity (Wildman–Crippen MR) is 87.6 cm³/mol. The highest BCUT2D eigenvalue weighted by Crippen LogP contribution is 2.34. The quantitative estimate of drug-likeness (QED) is 0.542. The third-order valence-corrected chi connectivity index (χ3v) is 4.67. The molecule has 0 aliphatic carbocycles. The molecule has 20 heavy (non-hydrogen) atoms. The van der Waals surface area contributed by atoms with E-state index in [4.69, 9.17) is 23.2 Å². The Balaban J connectivity index is 2.23. The number of carbonyl (C=O) groups excluding carboxylic acids is 2. The maximum Gasteiger partial charge on any atom is 0.293 e. The lowest BCUT2D eigenvalue weighted by atomic mass is 10.2. The summed E-state index contributed by atoms with van der Waals surface area (Å²) in [4.78, 5) is 25.6. The monoisotopic (exact) mass is 393 g/mol. The largest absolute Gasteiger partial charge is 0.293 e. The number of rotatable bonds is 4. The van der Waals surface area contributed by atoms with Gasteiger partial charge in [-0.3, -0.25) is 14.5 Å². The van der Waals surface area contributed by atoms with Crippen LogP contribution in [0.1, 0.15) is 12.0 Å². The number of amides is 2. The Labute approximate surface area is 139 Å². The van der Waals surface area contributed by atoms with Crippen molar-refractivity contribution in [1.82, 2.24) is 4.90 Å². The van der Waals surface area contributed by atoms with Crippen LogP contribution < -0.4 is 0 Å². The van der Waals surface area contributed by atoms with E-state index in [1.54, 1.807) is 24.3 Å². The summed E-state index contributed by atoms with van der Waals surface area (Å²) >= 11 is 16.1. The summed E-state index contributed by atoms with van der Waals surface area (Å²) in [5.74, 6) is -0.271. The smallest absolute Gasteiger partial charge is 0.268 e. The van der Waals surface area contributed by atoms with Crippen LogP contribution in [0.3, 0.4) is 0 Å². The van der Waals surface area contributed by atoms with Crippen molar-refractivity contribution < 1.29 is 9.59 Å². The minimum atomic E-state index is -0.271. The zero-order chi connectivity index (χ0) is 14.7. The Morgan fingerprint density at radius 2 is 2.05 bits per heavy atom. The summed E-state index contributed by atoms with van der Waals surface area (Å²) in [7, 11) is 0. The van der Waals surface area contributed by atoms with Crippen molar-refractivity contribution in [2.24, 2.45) is 0 Å². The van der Waals surface area contributed by atoms with Gasteiger partial charge in [-0.15, -0.1) is 0 Å². The number of hydrogen-bond donors (Lipinski definition) is 0. The Morgan fingerprint density at radius 3 is 2.70 bits per heavy atom. The van der Waals surface area contributed by atoms with Crippen LogP contribution in [0.15, 0.2) is 23.1 Å². The molecule has 3 nitrogen and oxygen atoms in total. The fraction of sp³-hybridized carbons (Fsp3) is 0.231. The molecule has 0 aromatic heterocycles. The zero-order valence-corrected chi connectivity index (χ0v) is 14.2. The Kier molecular flexibility index (Phi) is 5.55. The summed E-state index contributed by atoms with van der Waals surface area (Å²) in [5.41, 5.74) is 0.669. The van der Waals surface area contributed by atoms with Gasteiger partial charge >= 0.3 is 0 Å². The van der Waals surface area contributed by atoms with Gasteiger partial charge in [0.1, 0.15) is 0 Å². The third-order valence-electron chi connectivity index (χ3n) is 2.64. The summed E-state index contributed by atoms with van der Waals surface area (Å²) in [6.45, 7) is 0.418. The second-order valence-electron chi connectivity index (χ2n) is 4.04. The number of alkyl halides is 1. The van der Waals surface area contributed by atoms with Crippen molar-refractivity contribution in [3.05, 3.63) is 38.7 Å². The van der Waals surface area contributed by atoms with Crippen LogP contribution in [-0.4, -0.2) is 27.9 Å². The number of imide groups is 1. The van der Waals surface area contributed by atoms with Crippen molar-refractivity contribution >= 4 is 68.1 Å². The van der Waals surface area contributed by atoms with Crippen LogP contribution in [0.2, 0.25) is 10.0 Å². The fourth-order valence-electron chi connectivity index (χ4n) is 1.67. The molecule has 106 valence electrons. The lowest BCUT2D eigenvalue weighted by Crippen LogP contribution is -2.29. The predicted octanol–water partition coefficient (Wildman–Crippen LogP) is 4.81. The van der Waals surface area contributed by atoms with Crippen LogP contribution in [0.5, 0.6) is 0 Å². The van der Waals surface area contributed by atoms with Gasteiger partial charge in [-0.2, -0.15) is 0 Å². The molecule has 1 heterocycles. The van der Waals surface area contributed by atoms with Crippen LogP contribution in [0.4, 0.5) is 4.79 Å². The number of carbonyl (C=O) groups is 2. The van der Waals surface area contributed by atoms with E-state index in [2.05, 4.69) is 15.9 Å². The van der Waals surface area contributed by atoms with Gasteiger partial charge in [0.25, 0.3) is 11.1 Å². The molecule has 0 radical (unpaired) electrons. The summed E-state index contributed by atoms with van der Waals surface area (Å²) in [6.07, 6.45) is 2.35. The van der Waals surface area contributed by atoms with Crippen LogP contribution in [0, 0.1) is 0 Å². The average molecular weight is 395 g/mol. The second-order valence-corrected chi connectivity index (χ2v) is 6.67. The molecule has 0 bridgehead atoms. The molecule has 0 saturated carbocycles. The Hall–Kier alpha value is -0.490. The fourth-order valence-corrected chi connectivity index (χ4v) is 3.24. The summed E-state index contributed by atoms with van der Waals surface area (Å²) in [5, 5.41) is 1.48. The molecule has 1 aliphatic rings. The standard InChI is InChI=1S/C13H10BrCl2NO2S/c14-4-1-5-17-12(18)11(20-13(17)19)6-8-2-3-9(15)7-10(8)16/h2-3,6-7H,1,4-5H2. The molecule has 7 heteroatoms. The number of thioether (sulfide) groups is 1. The van der Waals surface area contributed by atoms with Crippen LogP contribution in [-0.2, 0) is 4.79 Å². The van der Waals surface area contributed by atoms with E-state index in [-0.39, 0.29) is 11.1 Å². The van der Waals surface area contributed by atoms with Crippen molar-refractivity contribution in [1.29, 1.82) is 0 Å². The van der Waals surface area contributed by atoms with Gasteiger partial charge in [0.15, 0.2) is 0 Å². The highest BCUT2D eigenvalue weighted by Gasteiger charge is 2.34. The van der Waals surface area contributed by atoms with Gasteiger partial charge in [-0.25, -0.2) is 0 Å². The van der Waals surface area contributed by atoms with E-state index in [9.17, 15) is 9.59 Å². The normalized spacial score (nSPS) is 17.4. The molecule has 1 aromatic carbocycles. The van der Waals surface area contributed by atoms with Crippen LogP contribution in [0.25, 0.3) is 6.08 Å². The van der Waals surface area contributed by atoms with Gasteiger partial charge in [0.05, 0.1) is 4.91 Å². The molecular weight excluding hydrogens is 385 g/mol. The molecule has 1 fully saturated rings. The Bertz CT molecular complexity index is 592. The van der Waals surface area contributed by atoms with Crippen molar-refractivity contribution in [2.45, 2.75) is 6.42 Å². The summed E-state index contributed by atoms with van der Waals surface area (Å²) < 4.78 is 0. The second kappa shape index (κ2) is 6.98. The first-order valence-corrected chi connectivity index (χ1v) is 8.48. The van der Waals surface area contributed by atoms with Crippen LogP contribution >= 0.6 is 50.9 Å². The van der Waals surface area contributed by atoms with E-state index in [1.807, 2.05) is 0 Å². The van der Waals surface area contributed by atoms with E-state index in [1.165, 1.54) is 4.90 Å². The highest BCUT2D eigenvalue weighted by atomic mass is 79.9. The van der Waals surface area contributed by atoms with Gasteiger partial charge in [0.2, 0.25) is 0 Å². The molecule has 0 atom stereocenters. The van der Waals surface area contributed by atoms with Gasteiger partial charge in [-0.05, 0) is 42.0 Å². The molecule has 1 aliphatic heterocycles. The lowest BCUT2D eigenvalue weighted by molar-refractivity contribution is -0.122. The lowest BCUT2D eigenvalue weighted by Gasteiger charge is -2.10. The first-order chi connectivity index (χ1) is 9.52.